The minimum atomic E-state index is -0.999. The van der Waals surface area contributed by atoms with Gasteiger partial charge in [0.05, 0.1) is 19.3 Å². The van der Waals surface area contributed by atoms with Crippen LogP contribution in [-0.2, 0) is 11.3 Å². The molecule has 0 radical (unpaired) electrons. The van der Waals surface area contributed by atoms with Gasteiger partial charge in [0.2, 0.25) is 0 Å². The third kappa shape index (κ3) is 4.09. The number of piperazine rings is 1. The van der Waals surface area contributed by atoms with Gasteiger partial charge in [0.25, 0.3) is 0 Å². The number of urea groups is 1. The summed E-state index contributed by atoms with van der Waals surface area (Å²) in [5.74, 6) is 5.17. The Balaban J connectivity index is 1.93. The van der Waals surface area contributed by atoms with E-state index in [4.69, 9.17) is 15.7 Å². The Kier molecular flexibility index (Phi) is 5.56. The minimum Gasteiger partial charge on any atom is -0.465 e. The van der Waals surface area contributed by atoms with E-state index in [-0.39, 0.29) is 32.3 Å². The van der Waals surface area contributed by atoms with Crippen LogP contribution < -0.4 is 11.3 Å². The van der Waals surface area contributed by atoms with Gasteiger partial charge in [-0.15, -0.1) is 0 Å². The summed E-state index contributed by atoms with van der Waals surface area (Å²) in [7, 11) is 0. The molecule has 1 heterocycles. The van der Waals surface area contributed by atoms with Crippen molar-refractivity contribution in [3.63, 3.8) is 0 Å². The van der Waals surface area contributed by atoms with Crippen LogP contribution in [0.5, 0.6) is 0 Å². The highest BCUT2D eigenvalue weighted by Crippen LogP contribution is 2.12. The Morgan fingerprint density at radius 2 is 2.05 bits per heavy atom. The van der Waals surface area contributed by atoms with Gasteiger partial charge in [0, 0.05) is 19.6 Å². The van der Waals surface area contributed by atoms with E-state index in [1.165, 1.54) is 9.80 Å². The van der Waals surface area contributed by atoms with Crippen molar-refractivity contribution >= 4 is 12.1 Å². The molecule has 1 fully saturated rings. The molecule has 1 aromatic rings. The first-order valence-corrected chi connectivity index (χ1v) is 6.98. The zero-order valence-electron chi connectivity index (χ0n) is 12.1. The van der Waals surface area contributed by atoms with Crippen LogP contribution in [0, 0.1) is 0 Å². The molecule has 4 N–H and O–H groups in total. The number of nitrogens with zero attached hydrogens (tertiary/aromatic N) is 2. The van der Waals surface area contributed by atoms with Gasteiger partial charge in [-0.3, -0.25) is 5.43 Å². The summed E-state index contributed by atoms with van der Waals surface area (Å²) in [5, 5.41) is 9.08. The average Bonchev–Trinajstić information content (AvgIpc) is 2.55. The number of ether oxygens (including phenoxy) is 1. The molecule has 22 heavy (non-hydrogen) atoms. The summed E-state index contributed by atoms with van der Waals surface area (Å²) in [6, 6.07) is 8.83. The summed E-state index contributed by atoms with van der Waals surface area (Å²) in [6.07, 6.45) is -0.999. The molecule has 0 aliphatic carbocycles. The fraction of sp³-hybridized carbons (Fsp3) is 0.429. The molecule has 0 aromatic heterocycles. The van der Waals surface area contributed by atoms with Crippen LogP contribution in [0.25, 0.3) is 0 Å². The molecule has 8 heteroatoms. The smallest absolute Gasteiger partial charge is 0.407 e. The second-order valence-electron chi connectivity index (χ2n) is 5.03. The zero-order valence-corrected chi connectivity index (χ0v) is 12.1. The molecule has 1 aromatic carbocycles. The van der Waals surface area contributed by atoms with Gasteiger partial charge in [-0.1, -0.05) is 30.3 Å². The molecular formula is C14H20N4O4. The monoisotopic (exact) mass is 308 g/mol. The number of amides is 3. The lowest BCUT2D eigenvalue weighted by molar-refractivity contribution is 0.0235. The van der Waals surface area contributed by atoms with Crippen molar-refractivity contribution in [3.05, 3.63) is 35.9 Å². The normalized spacial score (nSPS) is 18.1. The number of rotatable bonds is 4. The van der Waals surface area contributed by atoms with E-state index in [1.807, 2.05) is 30.3 Å². The van der Waals surface area contributed by atoms with Crippen molar-refractivity contribution in [2.45, 2.75) is 12.6 Å². The average molecular weight is 308 g/mol. The molecule has 120 valence electrons. The number of nitrogens with one attached hydrogen (secondary N) is 1. The number of hydrazine groups is 1. The maximum atomic E-state index is 11.8. The molecule has 1 atom stereocenters. The van der Waals surface area contributed by atoms with Crippen molar-refractivity contribution in [3.8, 4) is 0 Å². The molecule has 0 spiro atoms. The molecule has 1 aliphatic rings. The lowest BCUT2D eigenvalue weighted by Gasteiger charge is -2.39. The highest BCUT2D eigenvalue weighted by molar-refractivity contribution is 5.74. The SMILES string of the molecule is NNC(=O)N1CCN(C(=O)O)C[C@H]1COCc1ccccc1. The van der Waals surface area contributed by atoms with E-state index in [0.29, 0.717) is 6.61 Å². The second-order valence-corrected chi connectivity index (χ2v) is 5.03. The van der Waals surface area contributed by atoms with Crippen molar-refractivity contribution in [1.29, 1.82) is 0 Å². The maximum Gasteiger partial charge on any atom is 0.407 e. The summed E-state index contributed by atoms with van der Waals surface area (Å²) < 4.78 is 5.63. The Hall–Kier alpha value is -2.32. The first-order chi connectivity index (χ1) is 10.6. The molecule has 1 saturated heterocycles. The largest absolute Gasteiger partial charge is 0.465 e. The van der Waals surface area contributed by atoms with Crippen LogP contribution in [0.15, 0.2) is 30.3 Å². The van der Waals surface area contributed by atoms with Crippen LogP contribution in [0.3, 0.4) is 0 Å². The van der Waals surface area contributed by atoms with Gasteiger partial charge >= 0.3 is 12.1 Å². The third-order valence-electron chi connectivity index (χ3n) is 3.56. The van der Waals surface area contributed by atoms with Crippen LogP contribution in [0.4, 0.5) is 9.59 Å². The van der Waals surface area contributed by atoms with E-state index in [0.717, 1.165) is 5.56 Å². The lowest BCUT2D eigenvalue weighted by Crippen LogP contribution is -2.60. The van der Waals surface area contributed by atoms with Crippen molar-refractivity contribution in [2.24, 2.45) is 5.84 Å². The zero-order chi connectivity index (χ0) is 15.9. The molecular weight excluding hydrogens is 288 g/mol. The highest BCUT2D eigenvalue weighted by atomic mass is 16.5. The van der Waals surface area contributed by atoms with E-state index >= 15 is 0 Å². The minimum absolute atomic E-state index is 0.206. The van der Waals surface area contributed by atoms with Crippen LogP contribution in [-0.4, -0.2) is 59.3 Å². The van der Waals surface area contributed by atoms with Gasteiger partial charge in [0.1, 0.15) is 0 Å². The number of hydrogen-bond acceptors (Lipinski definition) is 4. The first-order valence-electron chi connectivity index (χ1n) is 6.98. The number of carboxylic acid groups (broad SMARTS) is 1. The molecule has 0 unspecified atom stereocenters. The topological polar surface area (TPSA) is 108 Å². The fourth-order valence-electron chi connectivity index (χ4n) is 2.41. The number of carbonyl (C=O) groups excluding carboxylic acids is 1. The Bertz CT molecular complexity index is 511. The van der Waals surface area contributed by atoms with Crippen molar-refractivity contribution < 1.29 is 19.4 Å². The third-order valence-corrected chi connectivity index (χ3v) is 3.56. The first kappa shape index (κ1) is 16.1. The lowest BCUT2D eigenvalue weighted by atomic mass is 10.2. The Morgan fingerprint density at radius 1 is 1.32 bits per heavy atom. The van der Waals surface area contributed by atoms with Gasteiger partial charge in [-0.2, -0.15) is 0 Å². The molecule has 1 aliphatic heterocycles. The van der Waals surface area contributed by atoms with Crippen molar-refractivity contribution in [1.82, 2.24) is 15.2 Å². The van der Waals surface area contributed by atoms with Gasteiger partial charge in [-0.05, 0) is 5.56 Å². The maximum absolute atomic E-state index is 11.8. The van der Waals surface area contributed by atoms with E-state index < -0.39 is 12.1 Å². The van der Waals surface area contributed by atoms with Crippen LogP contribution in [0.1, 0.15) is 5.56 Å². The predicted octanol–water partition coefficient (Wildman–Crippen LogP) is 0.451. The van der Waals surface area contributed by atoms with E-state index in [1.54, 1.807) is 0 Å². The van der Waals surface area contributed by atoms with E-state index in [2.05, 4.69) is 5.43 Å². The standard InChI is InChI=1S/C14H20N4O4/c15-16-13(19)18-7-6-17(14(20)21)8-12(18)10-22-9-11-4-2-1-3-5-11/h1-5,12H,6-10,15H2,(H,16,19)(H,20,21)/t12-/m0/s1. The Morgan fingerprint density at radius 3 is 2.68 bits per heavy atom. The molecule has 2 rings (SSSR count). The van der Waals surface area contributed by atoms with Gasteiger partial charge in [0.15, 0.2) is 0 Å². The second kappa shape index (κ2) is 7.62. The van der Waals surface area contributed by atoms with E-state index in [9.17, 15) is 9.59 Å². The van der Waals surface area contributed by atoms with Gasteiger partial charge in [-0.25, -0.2) is 15.4 Å². The number of benzene rings is 1. The summed E-state index contributed by atoms with van der Waals surface area (Å²) in [4.78, 5) is 25.6. The Labute approximate surface area is 128 Å². The van der Waals surface area contributed by atoms with Crippen LogP contribution in [0.2, 0.25) is 0 Å². The number of nitrogens with two attached hydrogens (primary N) is 1. The summed E-state index contributed by atoms with van der Waals surface area (Å²) in [6.45, 7) is 1.40. The van der Waals surface area contributed by atoms with Crippen molar-refractivity contribution in [2.75, 3.05) is 26.2 Å². The predicted molar refractivity (Wildman–Crippen MR) is 78.9 cm³/mol. The quantitative estimate of drug-likeness (QED) is 0.425. The molecule has 0 saturated carbocycles. The van der Waals surface area contributed by atoms with Gasteiger partial charge < -0.3 is 19.6 Å². The molecule has 3 amide bonds. The van der Waals surface area contributed by atoms with Crippen LogP contribution >= 0.6 is 0 Å². The molecule has 0 bridgehead atoms. The summed E-state index contributed by atoms with van der Waals surface area (Å²) in [5.41, 5.74) is 3.10. The molecule has 8 nitrogen and oxygen atoms in total. The fourth-order valence-corrected chi connectivity index (χ4v) is 2.41. The highest BCUT2D eigenvalue weighted by Gasteiger charge is 2.32. The summed E-state index contributed by atoms with van der Waals surface area (Å²) >= 11 is 0. The number of hydrogen-bond donors (Lipinski definition) is 3. The number of carbonyl (C=O) groups is 2.